The van der Waals surface area contributed by atoms with Crippen molar-refractivity contribution in [3.8, 4) is 27.9 Å². The molecule has 0 unspecified atom stereocenters. The van der Waals surface area contributed by atoms with Gasteiger partial charge in [0.2, 0.25) is 0 Å². The molecule has 0 aliphatic heterocycles. The number of nitrogens with one attached hydrogen (secondary N) is 1. The van der Waals surface area contributed by atoms with Gasteiger partial charge in [-0.3, -0.25) is 4.98 Å². The monoisotopic (exact) mass is 440 g/mol. The zero-order valence-corrected chi connectivity index (χ0v) is 16.8. The molecule has 0 bridgehead atoms. The molecule has 1 N–H and O–H groups in total. The number of alkyl halides is 3. The quantitative estimate of drug-likeness (QED) is 0.403. The van der Waals surface area contributed by atoms with Crippen molar-refractivity contribution in [2.75, 3.05) is 11.9 Å². The van der Waals surface area contributed by atoms with Gasteiger partial charge in [-0.05, 0) is 36.2 Å². The summed E-state index contributed by atoms with van der Waals surface area (Å²) in [6, 6.07) is 3.70. The maximum atomic E-state index is 14.5. The predicted molar refractivity (Wildman–Crippen MR) is 110 cm³/mol. The predicted octanol–water partition coefficient (Wildman–Crippen LogP) is 4.89. The molecule has 10 heteroatoms. The van der Waals surface area contributed by atoms with E-state index in [1.165, 1.54) is 29.3 Å². The largest absolute Gasteiger partial charge is 0.435 e. The van der Waals surface area contributed by atoms with E-state index in [0.717, 1.165) is 11.6 Å². The SMILES string of the molecule is CCNc1cc(F)cc2c1Cc1ncc(-c3cncnc3)c(-n3ccc(C(F)(F)F)n3)c1-2. The molecule has 0 amide bonds. The Morgan fingerprint density at radius 3 is 2.56 bits per heavy atom. The minimum atomic E-state index is -4.60. The fourth-order valence-corrected chi connectivity index (χ4v) is 4.01. The Labute approximate surface area is 180 Å². The molecule has 0 saturated heterocycles. The van der Waals surface area contributed by atoms with Gasteiger partial charge in [-0.2, -0.15) is 18.3 Å². The summed E-state index contributed by atoms with van der Waals surface area (Å²) in [5.74, 6) is -0.455. The molecule has 32 heavy (non-hydrogen) atoms. The van der Waals surface area contributed by atoms with Crippen LogP contribution in [0.4, 0.5) is 23.2 Å². The summed E-state index contributed by atoms with van der Waals surface area (Å²) in [7, 11) is 0. The highest BCUT2D eigenvalue weighted by Crippen LogP contribution is 2.46. The number of benzene rings is 1. The van der Waals surface area contributed by atoms with Crippen molar-refractivity contribution in [1.29, 1.82) is 0 Å². The van der Waals surface area contributed by atoms with Gasteiger partial charge >= 0.3 is 6.18 Å². The Morgan fingerprint density at radius 1 is 1.09 bits per heavy atom. The van der Waals surface area contributed by atoms with Crippen LogP contribution in [0.15, 0.2) is 49.3 Å². The lowest BCUT2D eigenvalue weighted by Gasteiger charge is -2.15. The lowest BCUT2D eigenvalue weighted by Crippen LogP contribution is -2.09. The van der Waals surface area contributed by atoms with E-state index in [1.54, 1.807) is 18.6 Å². The Hall–Kier alpha value is -3.82. The van der Waals surface area contributed by atoms with Crippen LogP contribution in [-0.4, -0.2) is 31.3 Å². The van der Waals surface area contributed by atoms with E-state index >= 15 is 0 Å². The van der Waals surface area contributed by atoms with Crippen LogP contribution in [0.2, 0.25) is 0 Å². The van der Waals surface area contributed by atoms with Crippen molar-refractivity contribution in [2.24, 2.45) is 0 Å². The van der Waals surface area contributed by atoms with Gasteiger partial charge in [0, 0.05) is 60.1 Å². The molecular weight excluding hydrogens is 424 g/mol. The zero-order chi connectivity index (χ0) is 22.5. The topological polar surface area (TPSA) is 68.5 Å². The number of hydrogen-bond donors (Lipinski definition) is 1. The van der Waals surface area contributed by atoms with Crippen LogP contribution in [0.1, 0.15) is 23.9 Å². The first-order valence-electron chi connectivity index (χ1n) is 9.84. The summed E-state index contributed by atoms with van der Waals surface area (Å²) in [6.07, 6.45) is 3.07. The first-order chi connectivity index (χ1) is 15.4. The van der Waals surface area contributed by atoms with Crippen LogP contribution in [0, 0.1) is 5.82 Å². The highest BCUT2D eigenvalue weighted by Gasteiger charge is 2.35. The molecule has 1 aromatic carbocycles. The highest BCUT2D eigenvalue weighted by atomic mass is 19.4. The second-order valence-corrected chi connectivity index (χ2v) is 7.30. The molecule has 4 aromatic rings. The van der Waals surface area contributed by atoms with E-state index < -0.39 is 17.7 Å². The lowest BCUT2D eigenvalue weighted by molar-refractivity contribution is -0.141. The van der Waals surface area contributed by atoms with Crippen LogP contribution in [0.3, 0.4) is 0 Å². The number of halogens is 4. The molecule has 6 nitrogen and oxygen atoms in total. The number of pyridine rings is 1. The summed E-state index contributed by atoms with van der Waals surface area (Å²) in [6.45, 7) is 2.49. The van der Waals surface area contributed by atoms with Crippen molar-refractivity contribution in [1.82, 2.24) is 24.7 Å². The average Bonchev–Trinajstić information content (AvgIpc) is 3.39. The second-order valence-electron chi connectivity index (χ2n) is 7.30. The van der Waals surface area contributed by atoms with Gasteiger partial charge in [0.15, 0.2) is 5.69 Å². The minimum absolute atomic E-state index is 0.368. The van der Waals surface area contributed by atoms with Crippen molar-refractivity contribution >= 4 is 5.69 Å². The third-order valence-corrected chi connectivity index (χ3v) is 5.31. The average molecular weight is 440 g/mol. The number of fused-ring (bicyclic) bond motifs is 3. The van der Waals surface area contributed by atoms with Crippen LogP contribution in [-0.2, 0) is 12.6 Å². The fraction of sp³-hybridized carbons (Fsp3) is 0.182. The maximum Gasteiger partial charge on any atom is 0.435 e. The van der Waals surface area contributed by atoms with Crippen LogP contribution in [0.5, 0.6) is 0 Å². The summed E-state index contributed by atoms with van der Waals surface area (Å²) in [4.78, 5) is 12.6. The number of aromatic nitrogens is 5. The minimum Gasteiger partial charge on any atom is -0.385 e. The summed E-state index contributed by atoms with van der Waals surface area (Å²) in [5, 5.41) is 6.94. The molecule has 5 rings (SSSR count). The lowest BCUT2D eigenvalue weighted by atomic mass is 9.99. The van der Waals surface area contributed by atoms with Gasteiger partial charge in [0.05, 0.1) is 11.4 Å². The summed E-state index contributed by atoms with van der Waals surface area (Å²) < 4.78 is 55.5. The van der Waals surface area contributed by atoms with Gasteiger partial charge in [-0.15, -0.1) is 0 Å². The van der Waals surface area contributed by atoms with E-state index in [4.69, 9.17) is 0 Å². The van der Waals surface area contributed by atoms with Gasteiger partial charge in [-0.25, -0.2) is 19.0 Å². The van der Waals surface area contributed by atoms with E-state index in [-0.39, 0.29) is 0 Å². The number of nitrogens with zero attached hydrogens (tertiary/aromatic N) is 5. The van der Waals surface area contributed by atoms with Crippen molar-refractivity contribution < 1.29 is 17.6 Å². The van der Waals surface area contributed by atoms with Crippen molar-refractivity contribution in [2.45, 2.75) is 19.5 Å². The Balaban J connectivity index is 1.81. The second kappa shape index (κ2) is 7.40. The number of rotatable bonds is 4. The smallest absolute Gasteiger partial charge is 0.385 e. The normalized spacial score (nSPS) is 12.5. The molecule has 0 spiro atoms. The standard InChI is InChI=1S/C22H16F4N6/c1-2-29-17-6-13(23)5-15-14(17)7-18-20(15)21(32-4-3-19(31-32)22(24,25)26)16(10-30-18)12-8-27-11-28-9-12/h3-6,8-11,29H,2,7H2,1H3. The molecule has 0 atom stereocenters. The molecule has 1 aliphatic carbocycles. The van der Waals surface area contributed by atoms with Crippen LogP contribution >= 0.6 is 0 Å². The van der Waals surface area contributed by atoms with Gasteiger partial charge < -0.3 is 5.32 Å². The molecule has 162 valence electrons. The van der Waals surface area contributed by atoms with Gasteiger partial charge in [-0.1, -0.05) is 0 Å². The van der Waals surface area contributed by atoms with Crippen molar-refractivity contribution in [3.05, 3.63) is 72.1 Å². The number of anilines is 1. The molecule has 0 radical (unpaired) electrons. The van der Waals surface area contributed by atoms with Crippen LogP contribution in [0.25, 0.3) is 27.9 Å². The first kappa shape index (κ1) is 20.1. The van der Waals surface area contributed by atoms with Crippen molar-refractivity contribution in [3.63, 3.8) is 0 Å². The molecular formula is C22H16F4N6. The Bertz CT molecular complexity index is 1310. The summed E-state index contributed by atoms with van der Waals surface area (Å²) >= 11 is 0. The number of hydrogen-bond acceptors (Lipinski definition) is 5. The molecule has 1 aliphatic rings. The van der Waals surface area contributed by atoms with Crippen LogP contribution < -0.4 is 5.32 Å². The highest BCUT2D eigenvalue weighted by molar-refractivity contribution is 5.91. The van der Waals surface area contributed by atoms with E-state index in [9.17, 15) is 17.6 Å². The summed E-state index contributed by atoms with van der Waals surface area (Å²) in [5.41, 5.74) is 3.59. The molecule has 0 fully saturated rings. The van der Waals surface area contributed by atoms with Gasteiger partial charge in [0.25, 0.3) is 0 Å². The fourth-order valence-electron chi connectivity index (χ4n) is 4.01. The first-order valence-corrected chi connectivity index (χ1v) is 9.84. The van der Waals surface area contributed by atoms with E-state index in [2.05, 4.69) is 25.4 Å². The third kappa shape index (κ3) is 3.28. The Morgan fingerprint density at radius 2 is 1.88 bits per heavy atom. The Kier molecular flexibility index (Phi) is 4.65. The van der Waals surface area contributed by atoms with E-state index in [0.29, 0.717) is 52.3 Å². The molecule has 3 heterocycles. The molecule has 3 aromatic heterocycles. The third-order valence-electron chi connectivity index (χ3n) is 5.31. The maximum absolute atomic E-state index is 14.5. The zero-order valence-electron chi connectivity index (χ0n) is 16.8. The van der Waals surface area contributed by atoms with E-state index in [1.807, 2.05) is 6.92 Å². The molecule has 0 saturated carbocycles. The van der Waals surface area contributed by atoms with Gasteiger partial charge in [0.1, 0.15) is 12.1 Å².